The Kier molecular flexibility index (Phi) is 1.03. The predicted octanol–water partition coefficient (Wildman–Crippen LogP) is -1.13. The number of primary amides is 1. The SMILES string of the molecule is NC(=O)N1C=NNC1. The minimum Gasteiger partial charge on any atom is -0.351 e. The molecule has 3 N–H and O–H groups in total. The second-order valence-corrected chi connectivity index (χ2v) is 1.37. The first-order valence-corrected chi connectivity index (χ1v) is 2.13. The number of nitrogens with one attached hydrogen (secondary N) is 1. The molecule has 0 aromatic heterocycles. The molecule has 0 radical (unpaired) electrons. The van der Waals surface area contributed by atoms with Crippen molar-refractivity contribution in [2.45, 2.75) is 0 Å². The lowest BCUT2D eigenvalue weighted by atomic mass is 10.8. The van der Waals surface area contributed by atoms with Crippen LogP contribution in [0.25, 0.3) is 0 Å². The smallest absolute Gasteiger partial charge is 0.321 e. The third-order valence-corrected chi connectivity index (χ3v) is 0.813. The van der Waals surface area contributed by atoms with Crippen LogP contribution in [0.1, 0.15) is 0 Å². The summed E-state index contributed by atoms with van der Waals surface area (Å²) in [4.78, 5) is 11.5. The molecule has 1 aliphatic heterocycles. The number of hydrogen-bond acceptors (Lipinski definition) is 3. The van der Waals surface area contributed by atoms with Crippen molar-refractivity contribution in [2.24, 2.45) is 10.8 Å². The first kappa shape index (κ1) is 4.89. The van der Waals surface area contributed by atoms with E-state index in [0.29, 0.717) is 6.67 Å². The summed E-state index contributed by atoms with van der Waals surface area (Å²) in [6.07, 6.45) is 1.35. The van der Waals surface area contributed by atoms with Gasteiger partial charge in [-0.05, 0) is 0 Å². The summed E-state index contributed by atoms with van der Waals surface area (Å²) in [6.45, 7) is 0.384. The number of hydrogen-bond donors (Lipinski definition) is 2. The van der Waals surface area contributed by atoms with Gasteiger partial charge in [0.2, 0.25) is 0 Å². The normalized spacial score (nSPS) is 16.2. The molecule has 44 valence electrons. The van der Waals surface area contributed by atoms with Gasteiger partial charge in [0.25, 0.3) is 0 Å². The zero-order valence-electron chi connectivity index (χ0n) is 4.16. The number of nitrogens with zero attached hydrogens (tertiary/aromatic N) is 2. The molecular formula is C3H6N4O. The van der Waals surface area contributed by atoms with E-state index in [1.54, 1.807) is 0 Å². The Labute approximate surface area is 46.1 Å². The summed E-state index contributed by atoms with van der Waals surface area (Å²) >= 11 is 0. The van der Waals surface area contributed by atoms with Crippen LogP contribution in [0.4, 0.5) is 4.79 Å². The van der Waals surface area contributed by atoms with E-state index in [1.165, 1.54) is 11.2 Å². The van der Waals surface area contributed by atoms with Gasteiger partial charge in [-0.2, -0.15) is 5.10 Å². The molecule has 5 heteroatoms. The topological polar surface area (TPSA) is 70.7 Å². The zero-order valence-corrected chi connectivity index (χ0v) is 4.16. The van der Waals surface area contributed by atoms with Crippen molar-refractivity contribution in [1.82, 2.24) is 10.3 Å². The zero-order chi connectivity index (χ0) is 5.98. The summed E-state index contributed by atoms with van der Waals surface area (Å²) in [5, 5.41) is 3.54. The van der Waals surface area contributed by atoms with Gasteiger partial charge in [-0.1, -0.05) is 0 Å². The third-order valence-electron chi connectivity index (χ3n) is 0.813. The van der Waals surface area contributed by atoms with E-state index >= 15 is 0 Å². The van der Waals surface area contributed by atoms with Crippen molar-refractivity contribution >= 4 is 12.4 Å². The molecule has 0 saturated carbocycles. The van der Waals surface area contributed by atoms with Gasteiger partial charge in [0.05, 0.1) is 0 Å². The van der Waals surface area contributed by atoms with Gasteiger partial charge in [-0.15, -0.1) is 0 Å². The molecule has 5 nitrogen and oxygen atoms in total. The summed E-state index contributed by atoms with van der Waals surface area (Å²) in [5.74, 6) is 0. The fraction of sp³-hybridized carbons (Fsp3) is 0.333. The number of hydrazone groups is 1. The first-order valence-electron chi connectivity index (χ1n) is 2.13. The molecule has 0 spiro atoms. The molecular weight excluding hydrogens is 108 g/mol. The van der Waals surface area contributed by atoms with Gasteiger partial charge in [-0.25, -0.2) is 4.79 Å². The molecule has 0 aromatic carbocycles. The van der Waals surface area contributed by atoms with E-state index in [4.69, 9.17) is 5.73 Å². The van der Waals surface area contributed by atoms with Gasteiger partial charge >= 0.3 is 6.03 Å². The Bertz CT molecular complexity index is 131. The van der Waals surface area contributed by atoms with Crippen LogP contribution in [0, 0.1) is 0 Å². The van der Waals surface area contributed by atoms with Gasteiger partial charge < -0.3 is 5.73 Å². The van der Waals surface area contributed by atoms with E-state index in [-0.39, 0.29) is 0 Å². The number of amides is 2. The van der Waals surface area contributed by atoms with Crippen LogP contribution in [0.3, 0.4) is 0 Å². The Morgan fingerprint density at radius 1 is 2.00 bits per heavy atom. The van der Waals surface area contributed by atoms with Gasteiger partial charge in [0.15, 0.2) is 0 Å². The number of nitrogens with two attached hydrogens (primary N) is 1. The van der Waals surface area contributed by atoms with Crippen molar-refractivity contribution in [1.29, 1.82) is 0 Å². The maximum Gasteiger partial charge on any atom is 0.321 e. The summed E-state index contributed by atoms with van der Waals surface area (Å²) in [7, 11) is 0. The summed E-state index contributed by atoms with van der Waals surface area (Å²) in [6, 6.07) is -0.487. The van der Waals surface area contributed by atoms with Crippen molar-refractivity contribution < 1.29 is 4.79 Å². The molecule has 1 aliphatic rings. The molecule has 0 bridgehead atoms. The molecule has 0 atom stereocenters. The summed E-state index contributed by atoms with van der Waals surface area (Å²) < 4.78 is 0. The molecule has 0 unspecified atom stereocenters. The Balaban J connectivity index is 2.48. The Hall–Kier alpha value is -1.26. The van der Waals surface area contributed by atoms with Crippen molar-refractivity contribution in [3.8, 4) is 0 Å². The second kappa shape index (κ2) is 1.69. The monoisotopic (exact) mass is 114 g/mol. The Morgan fingerprint density at radius 3 is 3.00 bits per heavy atom. The van der Waals surface area contributed by atoms with Crippen LogP contribution < -0.4 is 11.2 Å². The lowest BCUT2D eigenvalue weighted by Crippen LogP contribution is -2.34. The van der Waals surface area contributed by atoms with Crippen LogP contribution in [0.5, 0.6) is 0 Å². The van der Waals surface area contributed by atoms with Crippen LogP contribution in [-0.2, 0) is 0 Å². The van der Waals surface area contributed by atoms with E-state index < -0.39 is 6.03 Å². The van der Waals surface area contributed by atoms with Crippen molar-refractivity contribution in [3.05, 3.63) is 0 Å². The largest absolute Gasteiger partial charge is 0.351 e. The lowest BCUT2D eigenvalue weighted by Gasteiger charge is -2.04. The van der Waals surface area contributed by atoms with Crippen LogP contribution in [0.2, 0.25) is 0 Å². The quantitative estimate of drug-likeness (QED) is 0.418. The van der Waals surface area contributed by atoms with Crippen molar-refractivity contribution in [3.63, 3.8) is 0 Å². The second-order valence-electron chi connectivity index (χ2n) is 1.37. The molecule has 0 aromatic rings. The van der Waals surface area contributed by atoms with Gasteiger partial charge in [-0.3, -0.25) is 10.3 Å². The maximum absolute atomic E-state index is 10.2. The maximum atomic E-state index is 10.2. The third kappa shape index (κ3) is 0.699. The van der Waals surface area contributed by atoms with Crippen molar-refractivity contribution in [2.75, 3.05) is 6.67 Å². The fourth-order valence-electron chi connectivity index (χ4n) is 0.403. The Morgan fingerprint density at radius 2 is 2.75 bits per heavy atom. The highest BCUT2D eigenvalue weighted by atomic mass is 16.2. The van der Waals surface area contributed by atoms with E-state index in [9.17, 15) is 4.79 Å². The first-order chi connectivity index (χ1) is 3.80. The number of rotatable bonds is 0. The minimum absolute atomic E-state index is 0.384. The average molecular weight is 114 g/mol. The van der Waals surface area contributed by atoms with Crippen LogP contribution in [0.15, 0.2) is 5.10 Å². The average Bonchev–Trinajstić information content (AvgIpc) is 2.12. The highest BCUT2D eigenvalue weighted by Gasteiger charge is 2.08. The van der Waals surface area contributed by atoms with E-state index in [2.05, 4.69) is 10.5 Å². The number of urea groups is 1. The minimum atomic E-state index is -0.487. The molecule has 8 heavy (non-hydrogen) atoms. The molecule has 1 rings (SSSR count). The standard InChI is InChI=1S/C3H6N4O/c4-3(8)7-1-5-6-2-7/h1,6H,2H2,(H2,4,8). The molecule has 0 fully saturated rings. The molecule has 2 amide bonds. The summed E-state index contributed by atoms with van der Waals surface area (Å²) in [5.41, 5.74) is 7.40. The fourth-order valence-corrected chi connectivity index (χ4v) is 0.403. The van der Waals surface area contributed by atoms with E-state index in [0.717, 1.165) is 0 Å². The van der Waals surface area contributed by atoms with Gasteiger partial charge in [0, 0.05) is 0 Å². The number of carbonyl (C=O) groups is 1. The van der Waals surface area contributed by atoms with Crippen LogP contribution >= 0.6 is 0 Å². The highest BCUT2D eigenvalue weighted by Crippen LogP contribution is 1.84. The molecule has 0 saturated heterocycles. The molecule has 0 aliphatic carbocycles. The highest BCUT2D eigenvalue weighted by molar-refractivity contribution is 5.85. The van der Waals surface area contributed by atoms with Gasteiger partial charge in [0.1, 0.15) is 13.0 Å². The van der Waals surface area contributed by atoms with E-state index in [1.807, 2.05) is 0 Å². The van der Waals surface area contributed by atoms with Crippen LogP contribution in [-0.4, -0.2) is 23.9 Å². The molecule has 1 heterocycles. The predicted molar refractivity (Wildman–Crippen MR) is 27.9 cm³/mol. The number of carbonyl (C=O) groups excluding carboxylic acids is 1. The lowest BCUT2D eigenvalue weighted by molar-refractivity contribution is 0.231.